The van der Waals surface area contributed by atoms with Crippen LogP contribution >= 0.6 is 0 Å². The number of nitrogens with zero attached hydrogens (tertiary/aromatic N) is 3. The standard InChI is InChI=1S/C19H22N4O3/c1-26-16-5-2-4-14(12-16)13-23-11-8-15(6-7-17(23)24)22-19(25)18-20-9-3-10-21-18/h2-5,9-10,12,15H,6-8,11,13H2,1H3,(H,22,25). The zero-order valence-corrected chi connectivity index (χ0v) is 14.7. The Labute approximate surface area is 152 Å². The minimum absolute atomic E-state index is 0.0643. The van der Waals surface area contributed by atoms with Gasteiger partial charge in [0.1, 0.15) is 5.75 Å². The minimum atomic E-state index is -0.302. The van der Waals surface area contributed by atoms with Crippen molar-refractivity contribution in [2.75, 3.05) is 13.7 Å². The average molecular weight is 354 g/mol. The molecule has 1 aromatic carbocycles. The number of ether oxygens (including phenoxy) is 1. The molecule has 1 atom stereocenters. The maximum atomic E-state index is 12.4. The van der Waals surface area contributed by atoms with Gasteiger partial charge in [-0.1, -0.05) is 12.1 Å². The molecular formula is C19H22N4O3. The molecule has 1 N–H and O–H groups in total. The smallest absolute Gasteiger partial charge is 0.289 e. The van der Waals surface area contributed by atoms with E-state index in [9.17, 15) is 9.59 Å². The van der Waals surface area contributed by atoms with E-state index in [4.69, 9.17) is 4.74 Å². The molecule has 3 rings (SSSR count). The fourth-order valence-electron chi connectivity index (χ4n) is 3.01. The Balaban J connectivity index is 1.59. The molecule has 1 aliphatic rings. The molecule has 2 heterocycles. The Morgan fingerprint density at radius 1 is 1.27 bits per heavy atom. The van der Waals surface area contributed by atoms with Gasteiger partial charge >= 0.3 is 0 Å². The number of methoxy groups -OCH3 is 1. The van der Waals surface area contributed by atoms with Gasteiger partial charge in [-0.15, -0.1) is 0 Å². The molecule has 0 spiro atoms. The van der Waals surface area contributed by atoms with Crippen LogP contribution in [0.1, 0.15) is 35.4 Å². The number of aromatic nitrogens is 2. The summed E-state index contributed by atoms with van der Waals surface area (Å²) >= 11 is 0. The number of likely N-dealkylation sites (tertiary alicyclic amines) is 1. The quantitative estimate of drug-likeness (QED) is 0.885. The molecule has 0 radical (unpaired) electrons. The molecule has 1 aliphatic heterocycles. The van der Waals surface area contributed by atoms with Gasteiger partial charge in [-0.05, 0) is 36.6 Å². The van der Waals surface area contributed by atoms with Crippen LogP contribution in [0.4, 0.5) is 0 Å². The van der Waals surface area contributed by atoms with Crippen molar-refractivity contribution < 1.29 is 14.3 Å². The third-order valence-corrected chi connectivity index (χ3v) is 4.42. The minimum Gasteiger partial charge on any atom is -0.497 e. The van der Waals surface area contributed by atoms with Crippen molar-refractivity contribution in [2.24, 2.45) is 0 Å². The van der Waals surface area contributed by atoms with E-state index in [1.165, 1.54) is 12.4 Å². The Morgan fingerprint density at radius 2 is 2.08 bits per heavy atom. The van der Waals surface area contributed by atoms with Crippen LogP contribution in [0.2, 0.25) is 0 Å². The van der Waals surface area contributed by atoms with E-state index in [1.54, 1.807) is 13.2 Å². The van der Waals surface area contributed by atoms with Gasteiger partial charge in [-0.3, -0.25) is 9.59 Å². The van der Waals surface area contributed by atoms with Crippen LogP contribution in [0.5, 0.6) is 5.75 Å². The first-order chi connectivity index (χ1) is 12.7. The summed E-state index contributed by atoms with van der Waals surface area (Å²) in [4.78, 5) is 34.4. The van der Waals surface area contributed by atoms with Crippen molar-refractivity contribution in [3.8, 4) is 5.75 Å². The second kappa shape index (κ2) is 8.42. The third-order valence-electron chi connectivity index (χ3n) is 4.42. The number of hydrogen-bond acceptors (Lipinski definition) is 5. The summed E-state index contributed by atoms with van der Waals surface area (Å²) < 4.78 is 5.24. The van der Waals surface area contributed by atoms with Crippen LogP contribution in [0.25, 0.3) is 0 Å². The highest BCUT2D eigenvalue weighted by molar-refractivity contribution is 5.90. The molecule has 2 amide bonds. The van der Waals surface area contributed by atoms with Gasteiger partial charge < -0.3 is 15.0 Å². The first kappa shape index (κ1) is 17.8. The summed E-state index contributed by atoms with van der Waals surface area (Å²) in [6, 6.07) is 9.31. The van der Waals surface area contributed by atoms with Gasteiger partial charge in [-0.2, -0.15) is 0 Å². The Kier molecular flexibility index (Phi) is 5.78. The SMILES string of the molecule is COc1cccc(CN2CCC(NC(=O)c3ncccn3)CCC2=O)c1. The van der Waals surface area contributed by atoms with Crippen molar-refractivity contribution in [3.05, 3.63) is 54.1 Å². The number of amides is 2. The number of hydrogen-bond donors (Lipinski definition) is 1. The van der Waals surface area contributed by atoms with Crippen LogP contribution in [-0.2, 0) is 11.3 Å². The number of carbonyl (C=O) groups excluding carboxylic acids is 2. The first-order valence-corrected chi connectivity index (χ1v) is 8.64. The molecule has 1 saturated heterocycles. The summed E-state index contributed by atoms with van der Waals surface area (Å²) in [5.74, 6) is 0.721. The second-order valence-corrected chi connectivity index (χ2v) is 6.24. The fraction of sp³-hybridized carbons (Fsp3) is 0.368. The maximum Gasteiger partial charge on any atom is 0.289 e. The van der Waals surface area contributed by atoms with E-state index in [-0.39, 0.29) is 23.7 Å². The summed E-state index contributed by atoms with van der Waals surface area (Å²) in [5.41, 5.74) is 1.03. The molecule has 1 aromatic heterocycles. The summed E-state index contributed by atoms with van der Waals surface area (Å²) in [7, 11) is 1.62. The molecule has 0 saturated carbocycles. The lowest BCUT2D eigenvalue weighted by Crippen LogP contribution is -2.36. The molecule has 1 fully saturated rings. The van der Waals surface area contributed by atoms with Crippen LogP contribution in [0.3, 0.4) is 0 Å². The lowest BCUT2D eigenvalue weighted by atomic mass is 10.1. The predicted molar refractivity (Wildman–Crippen MR) is 95.5 cm³/mol. The van der Waals surface area contributed by atoms with Crippen LogP contribution < -0.4 is 10.1 Å². The Bertz CT molecular complexity index is 766. The van der Waals surface area contributed by atoms with Crippen LogP contribution in [-0.4, -0.2) is 46.4 Å². The molecule has 26 heavy (non-hydrogen) atoms. The summed E-state index contributed by atoms with van der Waals surface area (Å²) in [6.45, 7) is 1.13. The maximum absolute atomic E-state index is 12.4. The van der Waals surface area contributed by atoms with Gasteiger partial charge in [0, 0.05) is 37.9 Å². The molecule has 1 unspecified atom stereocenters. The number of benzene rings is 1. The van der Waals surface area contributed by atoms with E-state index in [1.807, 2.05) is 29.2 Å². The molecule has 7 heteroatoms. The van der Waals surface area contributed by atoms with Crippen molar-refractivity contribution in [1.82, 2.24) is 20.2 Å². The molecule has 136 valence electrons. The lowest BCUT2D eigenvalue weighted by molar-refractivity contribution is -0.131. The topological polar surface area (TPSA) is 84.4 Å². The van der Waals surface area contributed by atoms with Crippen molar-refractivity contribution in [1.29, 1.82) is 0 Å². The molecule has 0 aliphatic carbocycles. The van der Waals surface area contributed by atoms with Gasteiger partial charge in [-0.25, -0.2) is 9.97 Å². The largest absolute Gasteiger partial charge is 0.497 e. The van der Waals surface area contributed by atoms with Crippen molar-refractivity contribution in [3.63, 3.8) is 0 Å². The van der Waals surface area contributed by atoms with E-state index in [0.717, 1.165) is 11.3 Å². The third kappa shape index (κ3) is 4.56. The van der Waals surface area contributed by atoms with Crippen LogP contribution in [0.15, 0.2) is 42.7 Å². The highest BCUT2D eigenvalue weighted by Gasteiger charge is 2.24. The lowest BCUT2D eigenvalue weighted by Gasteiger charge is -2.21. The molecule has 7 nitrogen and oxygen atoms in total. The summed E-state index contributed by atoms with van der Waals surface area (Å²) in [5, 5.41) is 2.94. The zero-order valence-electron chi connectivity index (χ0n) is 14.7. The predicted octanol–water partition coefficient (Wildman–Crippen LogP) is 1.80. The monoisotopic (exact) mass is 354 g/mol. The van der Waals surface area contributed by atoms with E-state index in [0.29, 0.717) is 32.4 Å². The van der Waals surface area contributed by atoms with E-state index >= 15 is 0 Å². The number of nitrogens with one attached hydrogen (secondary N) is 1. The average Bonchev–Trinajstić information content (AvgIpc) is 2.85. The van der Waals surface area contributed by atoms with Gasteiger partial charge in [0.25, 0.3) is 5.91 Å². The highest BCUT2D eigenvalue weighted by atomic mass is 16.5. The van der Waals surface area contributed by atoms with Crippen molar-refractivity contribution in [2.45, 2.75) is 31.8 Å². The summed E-state index contributed by atoms with van der Waals surface area (Å²) in [6.07, 6.45) is 4.80. The van der Waals surface area contributed by atoms with Crippen molar-refractivity contribution >= 4 is 11.8 Å². The van der Waals surface area contributed by atoms with Crippen LogP contribution in [0, 0.1) is 0 Å². The highest BCUT2D eigenvalue weighted by Crippen LogP contribution is 2.18. The normalized spacial score (nSPS) is 17.5. The zero-order chi connectivity index (χ0) is 18.4. The molecule has 2 aromatic rings. The van der Waals surface area contributed by atoms with E-state index < -0.39 is 0 Å². The second-order valence-electron chi connectivity index (χ2n) is 6.24. The molecule has 0 bridgehead atoms. The van der Waals surface area contributed by atoms with Gasteiger partial charge in [0.2, 0.25) is 11.7 Å². The van der Waals surface area contributed by atoms with Gasteiger partial charge in [0.05, 0.1) is 7.11 Å². The molecular weight excluding hydrogens is 332 g/mol. The number of carbonyl (C=O) groups is 2. The number of rotatable bonds is 5. The fourth-order valence-corrected chi connectivity index (χ4v) is 3.01. The first-order valence-electron chi connectivity index (χ1n) is 8.64. The Morgan fingerprint density at radius 3 is 2.85 bits per heavy atom. The Hall–Kier alpha value is -2.96. The van der Waals surface area contributed by atoms with Gasteiger partial charge in [0.15, 0.2) is 0 Å². The van der Waals surface area contributed by atoms with E-state index in [2.05, 4.69) is 15.3 Å².